The molecule has 0 saturated carbocycles. The van der Waals surface area contributed by atoms with Crippen LogP contribution in [0.1, 0.15) is 31.9 Å². The summed E-state index contributed by atoms with van der Waals surface area (Å²) in [6, 6.07) is 13.6. The minimum absolute atomic E-state index is 0.164. The van der Waals surface area contributed by atoms with Gasteiger partial charge in [-0.25, -0.2) is 4.98 Å². The molecule has 6 nitrogen and oxygen atoms in total. The molecule has 32 heavy (non-hydrogen) atoms. The molecule has 0 unspecified atom stereocenters. The highest BCUT2D eigenvalue weighted by Crippen LogP contribution is 2.28. The lowest BCUT2D eigenvalue weighted by molar-refractivity contribution is 0.103. The molecule has 0 saturated heterocycles. The minimum atomic E-state index is -0.232. The number of fused-ring (bicyclic) bond motifs is 1. The van der Waals surface area contributed by atoms with Crippen LogP contribution in [0.5, 0.6) is 5.75 Å². The number of carbonyl (C=O) groups is 1. The molecular weight excluding hydrogens is 422 g/mol. The summed E-state index contributed by atoms with van der Waals surface area (Å²) in [6.45, 7) is 8.50. The van der Waals surface area contributed by atoms with Gasteiger partial charge in [0.2, 0.25) is 0 Å². The lowest BCUT2D eigenvalue weighted by atomic mass is 10.1. The van der Waals surface area contributed by atoms with Crippen LogP contribution in [0.15, 0.2) is 53.6 Å². The van der Waals surface area contributed by atoms with E-state index in [1.165, 1.54) is 22.2 Å². The standard InChI is InChI=1S/C25H25N3O3S/c1-15-11-16(2)13-19(12-15)31-10-9-28-14-26-24-21(25(28)30)18(4)22(32-24)23(29)27-20-8-6-5-7-17(20)3/h5-8,11-14H,9-10H2,1-4H3,(H,27,29). The number of carbonyl (C=O) groups excluding carboxylic acids is 1. The Labute approximate surface area is 190 Å². The van der Waals surface area contributed by atoms with Gasteiger partial charge in [0.1, 0.15) is 17.2 Å². The van der Waals surface area contributed by atoms with Gasteiger partial charge in [0.05, 0.1) is 23.1 Å². The number of para-hydroxylation sites is 1. The summed E-state index contributed by atoms with van der Waals surface area (Å²) >= 11 is 1.24. The van der Waals surface area contributed by atoms with Gasteiger partial charge in [-0.1, -0.05) is 24.3 Å². The van der Waals surface area contributed by atoms with Gasteiger partial charge >= 0.3 is 0 Å². The second-order valence-electron chi connectivity index (χ2n) is 7.92. The number of amides is 1. The molecule has 2 heterocycles. The maximum atomic E-state index is 13.1. The first kappa shape index (κ1) is 21.8. The Kier molecular flexibility index (Phi) is 6.10. The number of thiophene rings is 1. The molecule has 0 spiro atoms. The van der Waals surface area contributed by atoms with E-state index >= 15 is 0 Å². The number of benzene rings is 2. The summed E-state index contributed by atoms with van der Waals surface area (Å²) in [4.78, 5) is 31.5. The Bertz CT molecular complexity index is 1350. The molecule has 0 aliphatic heterocycles. The van der Waals surface area contributed by atoms with E-state index in [0.717, 1.165) is 28.1 Å². The zero-order chi connectivity index (χ0) is 22.8. The van der Waals surface area contributed by atoms with E-state index in [2.05, 4.69) is 16.4 Å². The fraction of sp³-hybridized carbons (Fsp3) is 0.240. The van der Waals surface area contributed by atoms with Gasteiger partial charge in [-0.3, -0.25) is 14.2 Å². The van der Waals surface area contributed by atoms with Gasteiger partial charge in [-0.15, -0.1) is 11.3 Å². The average Bonchev–Trinajstić information content (AvgIpc) is 3.08. The molecule has 2 aromatic heterocycles. The van der Waals surface area contributed by atoms with E-state index in [-0.39, 0.29) is 11.5 Å². The molecule has 0 fully saturated rings. The van der Waals surface area contributed by atoms with Crippen molar-refractivity contribution in [2.75, 3.05) is 11.9 Å². The van der Waals surface area contributed by atoms with Crippen LogP contribution in [0.3, 0.4) is 0 Å². The van der Waals surface area contributed by atoms with Crippen molar-refractivity contribution in [1.82, 2.24) is 9.55 Å². The maximum Gasteiger partial charge on any atom is 0.266 e. The second kappa shape index (κ2) is 8.96. The molecule has 4 aromatic rings. The van der Waals surface area contributed by atoms with E-state index in [4.69, 9.17) is 4.74 Å². The summed E-state index contributed by atoms with van der Waals surface area (Å²) in [5.74, 6) is 0.551. The third-order valence-corrected chi connectivity index (χ3v) is 6.51. The first-order valence-corrected chi connectivity index (χ1v) is 11.2. The first-order valence-electron chi connectivity index (χ1n) is 10.4. The van der Waals surface area contributed by atoms with Crippen molar-refractivity contribution < 1.29 is 9.53 Å². The van der Waals surface area contributed by atoms with Gasteiger partial charge in [-0.2, -0.15) is 0 Å². The normalized spacial score (nSPS) is 11.0. The van der Waals surface area contributed by atoms with E-state index in [1.807, 2.05) is 57.2 Å². The van der Waals surface area contributed by atoms with Crippen LogP contribution in [0, 0.1) is 27.7 Å². The third-order valence-electron chi connectivity index (χ3n) is 5.31. The maximum absolute atomic E-state index is 13.1. The summed E-state index contributed by atoms with van der Waals surface area (Å²) in [7, 11) is 0. The highest BCUT2D eigenvalue weighted by atomic mass is 32.1. The second-order valence-corrected chi connectivity index (χ2v) is 8.92. The zero-order valence-electron chi connectivity index (χ0n) is 18.6. The van der Waals surface area contributed by atoms with Gasteiger partial charge in [-0.05, 0) is 68.1 Å². The molecule has 164 valence electrons. The average molecular weight is 448 g/mol. The Hall–Kier alpha value is -3.45. The van der Waals surface area contributed by atoms with Crippen LogP contribution in [0.2, 0.25) is 0 Å². The van der Waals surface area contributed by atoms with Crippen molar-refractivity contribution in [3.05, 3.63) is 86.3 Å². The monoisotopic (exact) mass is 447 g/mol. The molecule has 0 radical (unpaired) electrons. The quantitative estimate of drug-likeness (QED) is 0.450. The van der Waals surface area contributed by atoms with Crippen LogP contribution >= 0.6 is 11.3 Å². The largest absolute Gasteiger partial charge is 0.492 e. The van der Waals surface area contributed by atoms with E-state index in [9.17, 15) is 9.59 Å². The number of hydrogen-bond acceptors (Lipinski definition) is 5. The highest BCUT2D eigenvalue weighted by molar-refractivity contribution is 7.20. The summed E-state index contributed by atoms with van der Waals surface area (Å²) in [5.41, 5.74) is 4.48. The van der Waals surface area contributed by atoms with Crippen LogP contribution in [0.25, 0.3) is 10.2 Å². The number of hydrogen-bond donors (Lipinski definition) is 1. The summed E-state index contributed by atoms with van der Waals surface area (Å²) in [5, 5.41) is 3.42. The van der Waals surface area contributed by atoms with Crippen molar-refractivity contribution in [2.24, 2.45) is 0 Å². The molecule has 0 bridgehead atoms. The number of aryl methyl sites for hydroxylation is 4. The number of aromatic nitrogens is 2. The number of rotatable bonds is 6. The van der Waals surface area contributed by atoms with Crippen LogP contribution in [-0.2, 0) is 6.54 Å². The molecule has 1 N–H and O–H groups in total. The smallest absolute Gasteiger partial charge is 0.266 e. The van der Waals surface area contributed by atoms with Crippen molar-refractivity contribution >= 4 is 33.1 Å². The predicted octanol–water partition coefficient (Wildman–Crippen LogP) is 5.02. The fourth-order valence-corrected chi connectivity index (χ4v) is 4.74. The molecular formula is C25H25N3O3S. The molecule has 0 atom stereocenters. The van der Waals surface area contributed by atoms with E-state index < -0.39 is 0 Å². The lowest BCUT2D eigenvalue weighted by Crippen LogP contribution is -2.23. The molecule has 0 aliphatic rings. The highest BCUT2D eigenvalue weighted by Gasteiger charge is 2.20. The van der Waals surface area contributed by atoms with Crippen LogP contribution < -0.4 is 15.6 Å². The molecule has 4 rings (SSSR count). The molecule has 0 aliphatic carbocycles. The number of anilines is 1. The Morgan fingerprint density at radius 3 is 2.53 bits per heavy atom. The molecule has 1 amide bonds. The van der Waals surface area contributed by atoms with Crippen molar-refractivity contribution in [2.45, 2.75) is 34.2 Å². The minimum Gasteiger partial charge on any atom is -0.492 e. The summed E-state index contributed by atoms with van der Waals surface area (Å²) in [6.07, 6.45) is 1.52. The number of nitrogens with one attached hydrogen (secondary N) is 1. The van der Waals surface area contributed by atoms with Crippen LogP contribution in [-0.4, -0.2) is 22.1 Å². The van der Waals surface area contributed by atoms with Gasteiger partial charge in [0.15, 0.2) is 0 Å². The first-order chi connectivity index (χ1) is 15.3. The van der Waals surface area contributed by atoms with E-state index in [1.54, 1.807) is 6.92 Å². The molecule has 2 aromatic carbocycles. The van der Waals surface area contributed by atoms with Crippen molar-refractivity contribution in [1.29, 1.82) is 0 Å². The Morgan fingerprint density at radius 1 is 1.09 bits per heavy atom. The molecule has 7 heteroatoms. The summed E-state index contributed by atoms with van der Waals surface area (Å²) < 4.78 is 7.38. The SMILES string of the molecule is Cc1cc(C)cc(OCCn2cnc3sc(C(=O)Nc4ccccc4C)c(C)c3c2=O)c1. The van der Waals surface area contributed by atoms with Gasteiger partial charge < -0.3 is 10.1 Å². The van der Waals surface area contributed by atoms with Gasteiger partial charge in [0.25, 0.3) is 11.5 Å². The Balaban J connectivity index is 1.54. The van der Waals surface area contributed by atoms with Crippen molar-refractivity contribution in [3.8, 4) is 5.75 Å². The third kappa shape index (κ3) is 4.43. The number of ether oxygens (including phenoxy) is 1. The predicted molar refractivity (Wildman–Crippen MR) is 129 cm³/mol. The van der Waals surface area contributed by atoms with Crippen molar-refractivity contribution in [3.63, 3.8) is 0 Å². The topological polar surface area (TPSA) is 73.2 Å². The Morgan fingerprint density at radius 2 is 1.81 bits per heavy atom. The lowest BCUT2D eigenvalue weighted by Gasteiger charge is -2.10. The van der Waals surface area contributed by atoms with Gasteiger partial charge in [0, 0.05) is 5.69 Å². The number of nitrogens with zero attached hydrogens (tertiary/aromatic N) is 2. The van der Waals surface area contributed by atoms with E-state index in [0.29, 0.717) is 33.8 Å². The van der Waals surface area contributed by atoms with Crippen LogP contribution in [0.4, 0.5) is 5.69 Å². The fourth-order valence-electron chi connectivity index (χ4n) is 3.71. The zero-order valence-corrected chi connectivity index (χ0v) is 19.4.